The molecule has 35 heavy (non-hydrogen) atoms. The van der Waals surface area contributed by atoms with Crippen LogP contribution in [0.3, 0.4) is 0 Å². The lowest BCUT2D eigenvalue weighted by Crippen LogP contribution is -2.47. The van der Waals surface area contributed by atoms with E-state index in [-0.39, 0.29) is 35.6 Å². The largest absolute Gasteiger partial charge is 0.465 e. The molecule has 1 aliphatic heterocycles. The smallest absolute Gasteiger partial charge is 0.431 e. The Bertz CT molecular complexity index is 1050. The minimum atomic E-state index is -6.39. The summed E-state index contributed by atoms with van der Waals surface area (Å²) < 4.78 is 99.6. The Morgan fingerprint density at radius 1 is 1.00 bits per heavy atom. The highest BCUT2D eigenvalue weighted by atomic mass is 32.2. The molecule has 0 aromatic heterocycles. The van der Waals surface area contributed by atoms with Crippen molar-refractivity contribution < 1.29 is 59.1 Å². The third-order valence-electron chi connectivity index (χ3n) is 8.54. The first kappa shape index (κ1) is 24.7. The maximum atomic E-state index is 13.7. The van der Waals surface area contributed by atoms with Gasteiger partial charge in [-0.25, -0.2) is 0 Å². The summed E-state index contributed by atoms with van der Waals surface area (Å²) in [5.41, 5.74) is 0. The first-order valence-electron chi connectivity index (χ1n) is 11.5. The van der Waals surface area contributed by atoms with Crippen molar-refractivity contribution in [3.8, 4) is 0 Å². The van der Waals surface area contributed by atoms with E-state index in [4.69, 9.17) is 18.8 Å². The standard InChI is InChI=1S/C21H24F4O9S/c22-20(23,21(24,25)35(29,30)31)3-4-32-18(27)13-8-1-2-9(5-8)14(13)19(28)33-15-10-6-11-12(7-10)17(26)34-16(11)15/h8-16H,1-7H2,(H,29,30,31). The molecule has 5 aliphatic rings. The summed E-state index contributed by atoms with van der Waals surface area (Å²) >= 11 is 0. The highest BCUT2D eigenvalue weighted by Gasteiger charge is 2.66. The molecule has 9 unspecified atom stereocenters. The van der Waals surface area contributed by atoms with E-state index in [1.807, 2.05) is 0 Å². The molecule has 9 atom stereocenters. The molecule has 1 N–H and O–H groups in total. The number of esters is 3. The van der Waals surface area contributed by atoms with Crippen LogP contribution in [0.4, 0.5) is 17.6 Å². The zero-order valence-electron chi connectivity index (χ0n) is 18.3. The second-order valence-electron chi connectivity index (χ2n) is 10.3. The topological polar surface area (TPSA) is 133 Å². The minimum Gasteiger partial charge on any atom is -0.465 e. The number of carbonyl (C=O) groups is 3. The van der Waals surface area contributed by atoms with Crippen molar-refractivity contribution in [2.24, 2.45) is 41.4 Å². The van der Waals surface area contributed by atoms with E-state index in [1.165, 1.54) is 0 Å². The van der Waals surface area contributed by atoms with E-state index in [9.17, 15) is 40.4 Å². The zero-order valence-corrected chi connectivity index (χ0v) is 19.1. The van der Waals surface area contributed by atoms with Crippen LogP contribution in [-0.4, -0.2) is 60.9 Å². The normalized spacial score (nSPS) is 39.7. The molecule has 4 aliphatic carbocycles. The van der Waals surface area contributed by atoms with Gasteiger partial charge in [0.15, 0.2) is 0 Å². The van der Waals surface area contributed by atoms with Crippen molar-refractivity contribution in [3.05, 3.63) is 0 Å². The third kappa shape index (κ3) is 3.73. The van der Waals surface area contributed by atoms with Crippen molar-refractivity contribution in [2.45, 2.75) is 61.9 Å². The molecular formula is C21H24F4O9S. The maximum absolute atomic E-state index is 13.7. The van der Waals surface area contributed by atoms with Crippen LogP contribution in [0.1, 0.15) is 38.5 Å². The SMILES string of the molecule is O=C1OC2C3CC(CC13)C2OC(=O)C1C2CCC(C2)C1C(=O)OCCC(F)(F)C(F)(F)S(=O)(=O)O. The lowest BCUT2D eigenvalue weighted by molar-refractivity contribution is -0.181. The van der Waals surface area contributed by atoms with E-state index in [0.29, 0.717) is 32.1 Å². The number of carbonyl (C=O) groups excluding carboxylic acids is 3. The van der Waals surface area contributed by atoms with Crippen molar-refractivity contribution in [1.82, 2.24) is 0 Å². The summed E-state index contributed by atoms with van der Waals surface area (Å²) in [6, 6.07) is 0. The molecule has 14 heteroatoms. The fourth-order valence-corrected chi connectivity index (χ4v) is 7.44. The zero-order chi connectivity index (χ0) is 25.5. The number of hydrogen-bond donors (Lipinski definition) is 1. The van der Waals surface area contributed by atoms with Gasteiger partial charge in [0, 0.05) is 11.8 Å². The molecule has 5 fully saturated rings. The van der Waals surface area contributed by atoms with Gasteiger partial charge in [-0.1, -0.05) is 0 Å². The highest BCUT2D eigenvalue weighted by molar-refractivity contribution is 7.87. The number of rotatable bonds is 8. The van der Waals surface area contributed by atoms with Crippen LogP contribution in [0.25, 0.3) is 0 Å². The van der Waals surface area contributed by atoms with Gasteiger partial charge in [0.25, 0.3) is 0 Å². The highest BCUT2D eigenvalue weighted by Crippen LogP contribution is 2.57. The molecule has 0 radical (unpaired) electrons. The van der Waals surface area contributed by atoms with E-state index in [0.717, 1.165) is 0 Å². The minimum absolute atomic E-state index is 0.00798. The van der Waals surface area contributed by atoms with Gasteiger partial charge >= 0.3 is 39.2 Å². The van der Waals surface area contributed by atoms with Gasteiger partial charge in [-0.15, -0.1) is 0 Å². The summed E-state index contributed by atoms with van der Waals surface area (Å²) in [6.45, 7) is -1.24. The number of alkyl halides is 4. The lowest BCUT2D eigenvalue weighted by Gasteiger charge is -2.31. The molecule has 1 heterocycles. The summed E-state index contributed by atoms with van der Waals surface area (Å²) in [6.07, 6.45) is 0.102. The second kappa shape index (κ2) is 8.02. The van der Waals surface area contributed by atoms with Gasteiger partial charge in [0.05, 0.1) is 30.8 Å². The average molecular weight is 528 g/mol. The predicted octanol–water partition coefficient (Wildman–Crippen LogP) is 2.19. The Morgan fingerprint density at radius 3 is 2.26 bits per heavy atom. The van der Waals surface area contributed by atoms with E-state index >= 15 is 0 Å². The van der Waals surface area contributed by atoms with Crippen LogP contribution in [0, 0.1) is 41.4 Å². The molecule has 4 saturated carbocycles. The molecule has 196 valence electrons. The van der Waals surface area contributed by atoms with E-state index in [1.54, 1.807) is 0 Å². The summed E-state index contributed by atoms with van der Waals surface area (Å²) in [7, 11) is -6.39. The first-order chi connectivity index (χ1) is 16.2. The Morgan fingerprint density at radius 2 is 1.63 bits per heavy atom. The molecule has 0 aromatic rings. The molecule has 0 amide bonds. The van der Waals surface area contributed by atoms with E-state index in [2.05, 4.69) is 0 Å². The Hall–Kier alpha value is -1.96. The number of ether oxygens (including phenoxy) is 3. The van der Waals surface area contributed by atoms with Gasteiger partial charge < -0.3 is 14.2 Å². The van der Waals surface area contributed by atoms with Crippen LogP contribution in [0.2, 0.25) is 0 Å². The monoisotopic (exact) mass is 528 g/mol. The molecule has 9 nitrogen and oxygen atoms in total. The molecule has 0 spiro atoms. The Kier molecular flexibility index (Phi) is 5.67. The number of fused-ring (bicyclic) bond motifs is 3. The van der Waals surface area contributed by atoms with Gasteiger partial charge in [0.2, 0.25) is 0 Å². The molecule has 0 aromatic carbocycles. The quantitative estimate of drug-likeness (QED) is 0.218. The van der Waals surface area contributed by atoms with Gasteiger partial charge in [-0.2, -0.15) is 26.0 Å². The van der Waals surface area contributed by atoms with Crippen molar-refractivity contribution in [3.63, 3.8) is 0 Å². The Balaban J connectivity index is 1.22. The number of halogens is 4. The lowest BCUT2D eigenvalue weighted by atomic mass is 9.79. The Labute approximate surface area is 197 Å². The van der Waals surface area contributed by atoms with Crippen LogP contribution < -0.4 is 0 Å². The number of hydrogen-bond acceptors (Lipinski definition) is 8. The summed E-state index contributed by atoms with van der Waals surface area (Å²) in [4.78, 5) is 37.8. The third-order valence-corrected chi connectivity index (χ3v) is 9.48. The van der Waals surface area contributed by atoms with Crippen LogP contribution >= 0.6 is 0 Å². The molecule has 5 rings (SSSR count). The van der Waals surface area contributed by atoms with Crippen LogP contribution in [-0.2, 0) is 38.7 Å². The maximum Gasteiger partial charge on any atom is 0.431 e. The fraction of sp³-hybridized carbons (Fsp3) is 0.857. The predicted molar refractivity (Wildman–Crippen MR) is 104 cm³/mol. The van der Waals surface area contributed by atoms with Crippen molar-refractivity contribution in [1.29, 1.82) is 0 Å². The second-order valence-corrected chi connectivity index (χ2v) is 11.8. The van der Waals surface area contributed by atoms with Crippen LogP contribution in [0.15, 0.2) is 0 Å². The van der Waals surface area contributed by atoms with Crippen molar-refractivity contribution >= 4 is 28.0 Å². The molecule has 1 saturated heterocycles. The van der Waals surface area contributed by atoms with E-state index < -0.39 is 70.3 Å². The van der Waals surface area contributed by atoms with Crippen molar-refractivity contribution in [2.75, 3.05) is 6.61 Å². The average Bonchev–Trinajstić information content (AvgIpc) is 3.54. The summed E-state index contributed by atoms with van der Waals surface area (Å²) in [5, 5.41) is -5.76. The fourth-order valence-electron chi connectivity index (χ4n) is 6.96. The van der Waals surface area contributed by atoms with Gasteiger partial charge in [-0.3, -0.25) is 18.9 Å². The molecule has 4 bridgehead atoms. The van der Waals surface area contributed by atoms with Gasteiger partial charge in [0.1, 0.15) is 12.2 Å². The first-order valence-corrected chi connectivity index (χ1v) is 13.0. The summed E-state index contributed by atoms with van der Waals surface area (Å²) in [5.74, 6) is -9.68. The van der Waals surface area contributed by atoms with Gasteiger partial charge in [-0.05, 0) is 43.9 Å². The molecular weight excluding hydrogens is 504 g/mol. The van der Waals surface area contributed by atoms with Crippen LogP contribution in [0.5, 0.6) is 0 Å².